The largest absolute Gasteiger partial charge is 0.457 e. The van der Waals surface area contributed by atoms with Gasteiger partial charge in [0, 0.05) is 27.7 Å². The molecule has 100 valence electrons. The molecule has 0 atom stereocenters. The van der Waals surface area contributed by atoms with Crippen molar-refractivity contribution in [2.24, 2.45) is 0 Å². The number of hydrogen-bond donors (Lipinski definition) is 2. The van der Waals surface area contributed by atoms with Crippen LogP contribution in [0.3, 0.4) is 0 Å². The van der Waals surface area contributed by atoms with Crippen LogP contribution in [0.2, 0.25) is 5.02 Å². The molecule has 0 aromatic heterocycles. The maximum absolute atomic E-state index is 13.2. The fourth-order valence-electron chi connectivity index (χ4n) is 1.64. The van der Waals surface area contributed by atoms with Crippen LogP contribution in [0, 0.1) is 5.82 Å². The van der Waals surface area contributed by atoms with Crippen molar-refractivity contribution in [2.45, 2.75) is 11.5 Å². The quantitative estimate of drug-likeness (QED) is 0.744. The van der Waals surface area contributed by atoms with Gasteiger partial charge in [0.25, 0.3) is 0 Å². The van der Waals surface area contributed by atoms with E-state index < -0.39 is 0 Å². The topological polar surface area (TPSA) is 9.23 Å². The summed E-state index contributed by atoms with van der Waals surface area (Å²) >= 11 is 14.4. The summed E-state index contributed by atoms with van der Waals surface area (Å²) in [5.74, 6) is 1.81. The van der Waals surface area contributed by atoms with Crippen molar-refractivity contribution in [3.8, 4) is 11.5 Å². The number of halogens is 2. The Morgan fingerprint density at radius 1 is 0.947 bits per heavy atom. The molecule has 0 aliphatic carbocycles. The van der Waals surface area contributed by atoms with Gasteiger partial charge < -0.3 is 4.74 Å². The predicted molar refractivity (Wildman–Crippen MR) is 83.3 cm³/mol. The highest BCUT2D eigenvalue weighted by atomic mass is 35.5. The molecule has 0 bridgehead atoms. The van der Waals surface area contributed by atoms with Gasteiger partial charge in [-0.3, -0.25) is 0 Å². The van der Waals surface area contributed by atoms with Gasteiger partial charge in [-0.05, 0) is 30.3 Å². The van der Waals surface area contributed by atoms with E-state index in [2.05, 4.69) is 25.3 Å². The second-order valence-electron chi connectivity index (χ2n) is 3.92. The summed E-state index contributed by atoms with van der Waals surface area (Å²) in [7, 11) is 0. The minimum atomic E-state index is -0.308. The van der Waals surface area contributed by atoms with Crippen LogP contribution in [0.5, 0.6) is 11.5 Å². The Morgan fingerprint density at radius 2 is 1.68 bits per heavy atom. The summed E-state index contributed by atoms with van der Waals surface area (Å²) in [4.78, 5) is 0. The number of rotatable bonds is 4. The van der Waals surface area contributed by atoms with Crippen LogP contribution in [0.4, 0.5) is 4.39 Å². The zero-order chi connectivity index (χ0) is 13.8. The molecule has 2 aromatic rings. The van der Waals surface area contributed by atoms with E-state index in [1.165, 1.54) is 12.1 Å². The molecule has 0 aliphatic heterocycles. The molecule has 5 heteroatoms. The molecule has 2 aromatic carbocycles. The summed E-state index contributed by atoms with van der Waals surface area (Å²) in [6.07, 6.45) is 0. The lowest BCUT2D eigenvalue weighted by Gasteiger charge is -2.13. The van der Waals surface area contributed by atoms with Crippen molar-refractivity contribution in [1.82, 2.24) is 0 Å². The fourth-order valence-corrected chi connectivity index (χ4v) is 2.31. The van der Waals surface area contributed by atoms with Gasteiger partial charge in [-0.1, -0.05) is 17.7 Å². The number of benzene rings is 2. The molecule has 0 fully saturated rings. The highest BCUT2D eigenvalue weighted by molar-refractivity contribution is 7.79. The van der Waals surface area contributed by atoms with E-state index in [9.17, 15) is 4.39 Å². The molecule has 2 rings (SSSR count). The molecule has 0 unspecified atom stereocenters. The van der Waals surface area contributed by atoms with E-state index in [0.29, 0.717) is 33.6 Å². The van der Waals surface area contributed by atoms with Gasteiger partial charge in [-0.15, -0.1) is 0 Å². The Bertz CT molecular complexity index is 590. The summed E-state index contributed by atoms with van der Waals surface area (Å²) < 4.78 is 19.0. The van der Waals surface area contributed by atoms with Crippen molar-refractivity contribution < 1.29 is 9.13 Å². The third-order valence-corrected chi connectivity index (χ3v) is 3.53. The summed E-state index contributed by atoms with van der Waals surface area (Å²) in [6, 6.07) is 9.71. The monoisotopic (exact) mass is 314 g/mol. The number of thiol groups is 2. The Kier molecular flexibility index (Phi) is 5.02. The Balaban J connectivity index is 2.38. The van der Waals surface area contributed by atoms with Gasteiger partial charge in [0.15, 0.2) is 0 Å². The van der Waals surface area contributed by atoms with Gasteiger partial charge in [0.1, 0.15) is 17.3 Å². The summed E-state index contributed by atoms with van der Waals surface area (Å²) in [6.45, 7) is 0. The van der Waals surface area contributed by atoms with Crippen molar-refractivity contribution in [3.63, 3.8) is 0 Å². The van der Waals surface area contributed by atoms with Gasteiger partial charge in [0.2, 0.25) is 0 Å². The molecule has 1 nitrogen and oxygen atoms in total. The first-order chi connectivity index (χ1) is 9.13. The minimum Gasteiger partial charge on any atom is -0.457 e. The third kappa shape index (κ3) is 3.59. The zero-order valence-electron chi connectivity index (χ0n) is 9.94. The molecule has 0 spiro atoms. The molecular formula is C14H12ClFOS2. The van der Waals surface area contributed by atoms with Crippen LogP contribution in [-0.4, -0.2) is 0 Å². The van der Waals surface area contributed by atoms with Gasteiger partial charge in [0.05, 0.1) is 0 Å². The van der Waals surface area contributed by atoms with E-state index in [4.69, 9.17) is 16.3 Å². The number of hydrogen-bond acceptors (Lipinski definition) is 3. The average molecular weight is 315 g/mol. The maximum atomic E-state index is 13.2. The van der Waals surface area contributed by atoms with Crippen molar-refractivity contribution in [2.75, 3.05) is 0 Å². The first kappa shape index (κ1) is 14.6. The van der Waals surface area contributed by atoms with E-state index in [1.54, 1.807) is 18.2 Å². The van der Waals surface area contributed by atoms with Crippen molar-refractivity contribution in [3.05, 3.63) is 58.4 Å². The van der Waals surface area contributed by atoms with Crippen molar-refractivity contribution >= 4 is 36.9 Å². The second-order valence-corrected chi connectivity index (χ2v) is 4.99. The molecule has 0 amide bonds. The molecular weight excluding hydrogens is 303 g/mol. The van der Waals surface area contributed by atoms with Crippen LogP contribution >= 0.6 is 36.9 Å². The molecule has 0 saturated heterocycles. The van der Waals surface area contributed by atoms with Crippen LogP contribution in [0.1, 0.15) is 11.1 Å². The number of ether oxygens (including phenoxy) is 1. The normalized spacial score (nSPS) is 10.5. The Morgan fingerprint density at radius 3 is 2.37 bits per heavy atom. The standard InChI is InChI=1S/C14H12ClFOS2/c15-11-2-1-9(7-18)14(6-11)17-13-4-3-12(16)5-10(13)8-19/h1-6,18-19H,7-8H2. The van der Waals surface area contributed by atoms with E-state index >= 15 is 0 Å². The molecule has 0 saturated carbocycles. The van der Waals surface area contributed by atoms with Crippen LogP contribution in [0.25, 0.3) is 0 Å². The molecule has 0 aliphatic rings. The van der Waals surface area contributed by atoms with Gasteiger partial charge in [-0.2, -0.15) is 25.3 Å². The molecule has 0 radical (unpaired) electrons. The lowest BCUT2D eigenvalue weighted by molar-refractivity contribution is 0.472. The third-order valence-electron chi connectivity index (χ3n) is 2.61. The van der Waals surface area contributed by atoms with E-state index in [-0.39, 0.29) is 5.82 Å². The Labute approximate surface area is 127 Å². The first-order valence-corrected chi connectivity index (χ1v) is 7.24. The van der Waals surface area contributed by atoms with E-state index in [1.807, 2.05) is 6.07 Å². The molecule has 0 N–H and O–H groups in total. The lowest BCUT2D eigenvalue weighted by atomic mass is 10.2. The molecule has 19 heavy (non-hydrogen) atoms. The fraction of sp³-hybridized carbons (Fsp3) is 0.143. The van der Waals surface area contributed by atoms with Crippen molar-refractivity contribution in [1.29, 1.82) is 0 Å². The lowest BCUT2D eigenvalue weighted by Crippen LogP contribution is -1.94. The second kappa shape index (κ2) is 6.55. The maximum Gasteiger partial charge on any atom is 0.132 e. The van der Waals surface area contributed by atoms with E-state index in [0.717, 1.165) is 5.56 Å². The van der Waals surface area contributed by atoms with Gasteiger partial charge >= 0.3 is 0 Å². The summed E-state index contributed by atoms with van der Waals surface area (Å²) in [5.41, 5.74) is 1.61. The summed E-state index contributed by atoms with van der Waals surface area (Å²) in [5, 5.41) is 0.579. The van der Waals surface area contributed by atoms with Gasteiger partial charge in [-0.25, -0.2) is 4.39 Å². The smallest absolute Gasteiger partial charge is 0.132 e. The SMILES string of the molecule is Fc1ccc(Oc2cc(Cl)ccc2CS)c(CS)c1. The van der Waals surface area contributed by atoms with Crippen LogP contribution in [-0.2, 0) is 11.5 Å². The van der Waals surface area contributed by atoms with Crippen LogP contribution < -0.4 is 4.74 Å². The Hall–Kier alpha value is -0.840. The molecule has 0 heterocycles. The highest BCUT2D eigenvalue weighted by Gasteiger charge is 2.09. The zero-order valence-corrected chi connectivity index (χ0v) is 12.5. The van der Waals surface area contributed by atoms with Crippen LogP contribution in [0.15, 0.2) is 36.4 Å². The average Bonchev–Trinajstić information content (AvgIpc) is 2.41. The first-order valence-electron chi connectivity index (χ1n) is 5.60. The predicted octanol–water partition coefficient (Wildman–Crippen LogP) is 5.13. The highest BCUT2D eigenvalue weighted by Crippen LogP contribution is 2.32. The minimum absolute atomic E-state index is 0.308.